The molecule has 0 bridgehead atoms. The van der Waals surface area contributed by atoms with E-state index in [2.05, 4.69) is 0 Å². The Morgan fingerprint density at radius 2 is 1.81 bits per heavy atom. The third-order valence-electron chi connectivity index (χ3n) is 3.32. The number of amides is 1. The van der Waals surface area contributed by atoms with E-state index in [1.165, 1.54) is 19.3 Å². The lowest BCUT2D eigenvalue weighted by molar-refractivity contribution is -0.139. The molecule has 0 aromatic heterocycles. The quantitative estimate of drug-likeness (QED) is 0.799. The van der Waals surface area contributed by atoms with E-state index in [0.717, 1.165) is 12.8 Å². The van der Waals surface area contributed by atoms with Crippen LogP contribution in [-0.4, -0.2) is 34.6 Å². The summed E-state index contributed by atoms with van der Waals surface area (Å²) in [6.45, 7) is 6.24. The minimum absolute atomic E-state index is 0.184. The Bertz CT molecular complexity index is 220. The number of hydrogen-bond acceptors (Lipinski definition) is 2. The zero-order chi connectivity index (χ0) is 12.1. The summed E-state index contributed by atoms with van der Waals surface area (Å²) < 4.78 is 0. The molecule has 0 aromatic rings. The number of carbonyl (C=O) groups excluding carboxylic acids is 1. The molecule has 0 heterocycles. The van der Waals surface area contributed by atoms with Crippen LogP contribution in [0.25, 0.3) is 0 Å². The van der Waals surface area contributed by atoms with Crippen LogP contribution in [0.2, 0.25) is 0 Å². The minimum Gasteiger partial charge on any atom is -0.392 e. The highest BCUT2D eigenvalue weighted by atomic mass is 16.3. The second-order valence-corrected chi connectivity index (χ2v) is 5.27. The average Bonchev–Trinajstić information content (AvgIpc) is 2.25. The maximum atomic E-state index is 12.3. The van der Waals surface area contributed by atoms with Gasteiger partial charge in [-0.1, -0.05) is 19.3 Å². The lowest BCUT2D eigenvalue weighted by Crippen LogP contribution is -2.44. The van der Waals surface area contributed by atoms with Gasteiger partial charge in [-0.3, -0.25) is 4.79 Å². The van der Waals surface area contributed by atoms with E-state index < -0.39 is 6.10 Å². The van der Waals surface area contributed by atoms with Gasteiger partial charge < -0.3 is 10.0 Å². The molecule has 16 heavy (non-hydrogen) atoms. The summed E-state index contributed by atoms with van der Waals surface area (Å²) in [5.41, 5.74) is 0. The topological polar surface area (TPSA) is 40.5 Å². The predicted octanol–water partition coefficient (Wildman–Crippen LogP) is 2.18. The zero-order valence-corrected chi connectivity index (χ0v) is 10.8. The van der Waals surface area contributed by atoms with E-state index in [0.29, 0.717) is 6.54 Å². The molecule has 94 valence electrons. The van der Waals surface area contributed by atoms with Crippen LogP contribution in [0.4, 0.5) is 0 Å². The highest BCUT2D eigenvalue weighted by Gasteiger charge is 2.27. The van der Waals surface area contributed by atoms with E-state index in [9.17, 15) is 9.90 Å². The van der Waals surface area contributed by atoms with Crippen LogP contribution in [-0.2, 0) is 4.79 Å². The SMILES string of the molecule is CC(O)CN(C(=O)C1CCCCC1)C(C)C. The molecule has 1 saturated carbocycles. The Morgan fingerprint density at radius 1 is 1.25 bits per heavy atom. The van der Waals surface area contributed by atoms with Crippen molar-refractivity contribution in [3.8, 4) is 0 Å². The summed E-state index contributed by atoms with van der Waals surface area (Å²) >= 11 is 0. The van der Waals surface area contributed by atoms with Crippen molar-refractivity contribution in [2.75, 3.05) is 6.54 Å². The van der Waals surface area contributed by atoms with Crippen LogP contribution in [0, 0.1) is 5.92 Å². The smallest absolute Gasteiger partial charge is 0.225 e. The van der Waals surface area contributed by atoms with Crippen molar-refractivity contribution in [3.05, 3.63) is 0 Å². The van der Waals surface area contributed by atoms with Gasteiger partial charge in [0.1, 0.15) is 0 Å². The van der Waals surface area contributed by atoms with Crippen LogP contribution >= 0.6 is 0 Å². The summed E-state index contributed by atoms with van der Waals surface area (Å²) in [5, 5.41) is 9.43. The molecule has 0 radical (unpaired) electrons. The molecule has 1 atom stereocenters. The van der Waals surface area contributed by atoms with Crippen molar-refractivity contribution >= 4 is 5.91 Å². The maximum Gasteiger partial charge on any atom is 0.225 e. The Hall–Kier alpha value is -0.570. The number of nitrogens with zero attached hydrogens (tertiary/aromatic N) is 1. The highest BCUT2D eigenvalue weighted by Crippen LogP contribution is 2.26. The van der Waals surface area contributed by atoms with E-state index in [1.54, 1.807) is 6.92 Å². The van der Waals surface area contributed by atoms with Crippen LogP contribution in [0.1, 0.15) is 52.9 Å². The van der Waals surface area contributed by atoms with E-state index in [-0.39, 0.29) is 17.9 Å². The van der Waals surface area contributed by atoms with Gasteiger partial charge in [0.15, 0.2) is 0 Å². The van der Waals surface area contributed by atoms with Crippen LogP contribution in [0.15, 0.2) is 0 Å². The second kappa shape index (κ2) is 6.24. The first-order valence-corrected chi connectivity index (χ1v) is 6.51. The third kappa shape index (κ3) is 3.78. The van der Waals surface area contributed by atoms with E-state index in [1.807, 2.05) is 18.7 Å². The lowest BCUT2D eigenvalue weighted by Gasteiger charge is -2.33. The fraction of sp³-hybridized carbons (Fsp3) is 0.923. The Kier molecular flexibility index (Phi) is 5.26. The van der Waals surface area contributed by atoms with Crippen LogP contribution in [0.3, 0.4) is 0 Å². The number of carbonyl (C=O) groups is 1. The van der Waals surface area contributed by atoms with Crippen LogP contribution in [0.5, 0.6) is 0 Å². The maximum absolute atomic E-state index is 12.3. The summed E-state index contributed by atoms with van der Waals surface area (Å²) in [6, 6.07) is 0.184. The molecular formula is C13H25NO2. The van der Waals surface area contributed by atoms with Gasteiger partial charge in [-0.05, 0) is 33.6 Å². The monoisotopic (exact) mass is 227 g/mol. The highest BCUT2D eigenvalue weighted by molar-refractivity contribution is 5.79. The van der Waals surface area contributed by atoms with Gasteiger partial charge in [0.25, 0.3) is 0 Å². The summed E-state index contributed by atoms with van der Waals surface area (Å²) in [5.74, 6) is 0.450. The van der Waals surface area contributed by atoms with Gasteiger partial charge in [-0.25, -0.2) is 0 Å². The Morgan fingerprint density at radius 3 is 2.25 bits per heavy atom. The van der Waals surface area contributed by atoms with Crippen molar-refractivity contribution in [2.24, 2.45) is 5.92 Å². The first kappa shape index (κ1) is 13.5. The lowest BCUT2D eigenvalue weighted by atomic mass is 9.88. The molecule has 3 heteroatoms. The second-order valence-electron chi connectivity index (χ2n) is 5.27. The number of rotatable bonds is 4. The van der Waals surface area contributed by atoms with Gasteiger partial charge in [0, 0.05) is 18.5 Å². The van der Waals surface area contributed by atoms with Crippen molar-refractivity contribution in [1.82, 2.24) is 4.90 Å². The predicted molar refractivity (Wildman–Crippen MR) is 65.1 cm³/mol. The summed E-state index contributed by atoms with van der Waals surface area (Å²) in [7, 11) is 0. The molecule has 1 aliphatic carbocycles. The summed E-state index contributed by atoms with van der Waals surface area (Å²) in [4.78, 5) is 14.1. The standard InChI is InChI=1S/C13H25NO2/c1-10(2)14(9-11(3)15)13(16)12-7-5-4-6-8-12/h10-12,15H,4-9H2,1-3H3. The Balaban J connectivity index is 2.58. The molecule has 0 aliphatic heterocycles. The molecule has 1 N–H and O–H groups in total. The molecule has 0 spiro atoms. The first-order chi connectivity index (χ1) is 7.52. The fourth-order valence-corrected chi connectivity index (χ4v) is 2.42. The summed E-state index contributed by atoms with van der Waals surface area (Å²) in [6.07, 6.45) is 5.24. The third-order valence-corrected chi connectivity index (χ3v) is 3.32. The van der Waals surface area contributed by atoms with Crippen LogP contribution < -0.4 is 0 Å². The fourth-order valence-electron chi connectivity index (χ4n) is 2.42. The van der Waals surface area contributed by atoms with Crippen molar-refractivity contribution in [3.63, 3.8) is 0 Å². The zero-order valence-electron chi connectivity index (χ0n) is 10.8. The van der Waals surface area contributed by atoms with Gasteiger partial charge in [-0.15, -0.1) is 0 Å². The molecule has 3 nitrogen and oxygen atoms in total. The molecule has 0 saturated heterocycles. The van der Waals surface area contributed by atoms with E-state index in [4.69, 9.17) is 0 Å². The molecule has 0 aromatic carbocycles. The van der Waals surface area contributed by atoms with Gasteiger partial charge >= 0.3 is 0 Å². The molecule has 1 aliphatic rings. The Labute approximate surface area is 98.8 Å². The minimum atomic E-state index is -0.435. The van der Waals surface area contributed by atoms with Crippen molar-refractivity contribution in [1.29, 1.82) is 0 Å². The number of aliphatic hydroxyl groups is 1. The molecule has 1 unspecified atom stereocenters. The first-order valence-electron chi connectivity index (χ1n) is 6.51. The number of hydrogen-bond donors (Lipinski definition) is 1. The van der Waals surface area contributed by atoms with Crippen molar-refractivity contribution in [2.45, 2.75) is 65.0 Å². The number of aliphatic hydroxyl groups excluding tert-OH is 1. The average molecular weight is 227 g/mol. The van der Waals surface area contributed by atoms with Gasteiger partial charge in [0.05, 0.1) is 6.10 Å². The van der Waals surface area contributed by atoms with Gasteiger partial charge in [-0.2, -0.15) is 0 Å². The van der Waals surface area contributed by atoms with Crippen molar-refractivity contribution < 1.29 is 9.90 Å². The van der Waals surface area contributed by atoms with Gasteiger partial charge in [0.2, 0.25) is 5.91 Å². The molecule has 1 fully saturated rings. The molecule has 1 rings (SSSR count). The normalized spacial score (nSPS) is 19.8. The largest absolute Gasteiger partial charge is 0.392 e. The molecule has 1 amide bonds. The molecular weight excluding hydrogens is 202 g/mol. The van der Waals surface area contributed by atoms with E-state index >= 15 is 0 Å².